The third-order valence-electron chi connectivity index (χ3n) is 2.51. The largest absolute Gasteiger partial charge is 0.369 e. The van der Waals surface area contributed by atoms with Crippen molar-refractivity contribution in [1.29, 1.82) is 0 Å². The molecule has 0 bridgehead atoms. The van der Waals surface area contributed by atoms with Crippen LogP contribution in [0.3, 0.4) is 0 Å². The van der Waals surface area contributed by atoms with Gasteiger partial charge in [0.05, 0.1) is 18.1 Å². The number of hydrogen-bond donors (Lipinski definition) is 0. The number of piperidine rings is 1. The lowest BCUT2D eigenvalue weighted by molar-refractivity contribution is 0.0566. The van der Waals surface area contributed by atoms with Gasteiger partial charge in [-0.15, -0.1) is 0 Å². The molecule has 0 spiro atoms. The average molecular weight is 201 g/mol. The topological polar surface area (TPSA) is 21.1 Å². The molecule has 14 heavy (non-hydrogen) atoms. The van der Waals surface area contributed by atoms with E-state index in [0.29, 0.717) is 4.68 Å². The summed E-state index contributed by atoms with van der Waals surface area (Å²) in [6.07, 6.45) is 6.44. The van der Waals surface area contributed by atoms with E-state index in [1.807, 2.05) is 0 Å². The van der Waals surface area contributed by atoms with Crippen molar-refractivity contribution < 1.29 is 8.78 Å². The molecule has 0 amide bonds. The van der Waals surface area contributed by atoms with E-state index in [4.69, 9.17) is 0 Å². The maximum absolute atomic E-state index is 12.2. The van der Waals surface area contributed by atoms with Crippen molar-refractivity contribution in [3.05, 3.63) is 12.4 Å². The summed E-state index contributed by atoms with van der Waals surface area (Å²) < 4.78 is 25.2. The Labute approximate surface area is 81.3 Å². The SMILES string of the molecule is FC(F)n1cc(N2CCCCC2)cn1. The van der Waals surface area contributed by atoms with Gasteiger partial charge in [0.2, 0.25) is 0 Å². The molecule has 2 heterocycles. The Hall–Kier alpha value is -1.13. The van der Waals surface area contributed by atoms with Crippen molar-refractivity contribution in [2.24, 2.45) is 0 Å². The molecule has 0 aliphatic carbocycles. The highest BCUT2D eigenvalue weighted by molar-refractivity contribution is 5.42. The van der Waals surface area contributed by atoms with E-state index in [9.17, 15) is 8.78 Å². The first-order valence-corrected chi connectivity index (χ1v) is 4.84. The number of nitrogens with zero attached hydrogens (tertiary/aromatic N) is 3. The van der Waals surface area contributed by atoms with Gasteiger partial charge >= 0.3 is 6.55 Å². The third kappa shape index (κ3) is 1.86. The van der Waals surface area contributed by atoms with Crippen molar-refractivity contribution in [1.82, 2.24) is 9.78 Å². The summed E-state index contributed by atoms with van der Waals surface area (Å²) in [7, 11) is 0. The Morgan fingerprint density at radius 3 is 2.50 bits per heavy atom. The van der Waals surface area contributed by atoms with Gasteiger partial charge in [-0.2, -0.15) is 13.9 Å². The molecule has 0 radical (unpaired) electrons. The fourth-order valence-electron chi connectivity index (χ4n) is 1.75. The van der Waals surface area contributed by atoms with Gasteiger partial charge in [-0.3, -0.25) is 0 Å². The van der Waals surface area contributed by atoms with E-state index in [-0.39, 0.29) is 0 Å². The molecule has 0 aromatic carbocycles. The Morgan fingerprint density at radius 1 is 1.21 bits per heavy atom. The van der Waals surface area contributed by atoms with Gasteiger partial charge in [-0.05, 0) is 19.3 Å². The summed E-state index contributed by atoms with van der Waals surface area (Å²) in [4.78, 5) is 2.11. The Balaban J connectivity index is 2.07. The maximum atomic E-state index is 12.2. The van der Waals surface area contributed by atoms with Crippen LogP contribution in [0, 0.1) is 0 Å². The monoisotopic (exact) mass is 201 g/mol. The fraction of sp³-hybridized carbons (Fsp3) is 0.667. The summed E-state index contributed by atoms with van der Waals surface area (Å²) in [6, 6.07) is 0. The molecule has 1 aliphatic heterocycles. The second-order valence-electron chi connectivity index (χ2n) is 3.50. The standard InChI is InChI=1S/C9H13F2N3/c10-9(11)14-7-8(6-12-14)13-4-2-1-3-5-13/h6-7,9H,1-5H2. The van der Waals surface area contributed by atoms with Gasteiger partial charge < -0.3 is 4.90 Å². The van der Waals surface area contributed by atoms with Crippen LogP contribution in [0.4, 0.5) is 14.5 Å². The molecule has 0 unspecified atom stereocenters. The summed E-state index contributed by atoms with van der Waals surface area (Å²) in [6.45, 7) is -0.627. The predicted molar refractivity (Wildman–Crippen MR) is 49.5 cm³/mol. The molecule has 1 aromatic heterocycles. The highest BCUT2D eigenvalue weighted by Crippen LogP contribution is 2.20. The number of hydrogen-bond acceptors (Lipinski definition) is 2. The van der Waals surface area contributed by atoms with Crippen molar-refractivity contribution in [2.75, 3.05) is 18.0 Å². The minimum Gasteiger partial charge on any atom is -0.369 e. The Bertz CT molecular complexity index is 292. The van der Waals surface area contributed by atoms with Crippen molar-refractivity contribution in [2.45, 2.75) is 25.8 Å². The van der Waals surface area contributed by atoms with Crippen molar-refractivity contribution >= 4 is 5.69 Å². The highest BCUT2D eigenvalue weighted by atomic mass is 19.3. The van der Waals surface area contributed by atoms with Crippen molar-refractivity contribution in [3.8, 4) is 0 Å². The summed E-state index contributed by atoms with van der Waals surface area (Å²) in [5.41, 5.74) is 0.810. The zero-order valence-corrected chi connectivity index (χ0v) is 7.87. The zero-order valence-electron chi connectivity index (χ0n) is 7.87. The molecular formula is C9H13F2N3. The second kappa shape index (κ2) is 3.94. The summed E-state index contributed by atoms with van der Waals surface area (Å²) in [5.74, 6) is 0. The lowest BCUT2D eigenvalue weighted by atomic mass is 10.1. The molecule has 1 aliphatic rings. The lowest BCUT2D eigenvalue weighted by Gasteiger charge is -2.26. The van der Waals surface area contributed by atoms with Gasteiger partial charge in [-0.25, -0.2) is 4.68 Å². The molecular weight excluding hydrogens is 188 g/mol. The molecule has 0 atom stereocenters. The van der Waals surface area contributed by atoms with Crippen LogP contribution >= 0.6 is 0 Å². The molecule has 2 rings (SSSR count). The molecule has 3 nitrogen and oxygen atoms in total. The van der Waals surface area contributed by atoms with Crippen LogP contribution in [-0.4, -0.2) is 22.9 Å². The number of alkyl halides is 2. The van der Waals surface area contributed by atoms with Crippen LogP contribution in [0.25, 0.3) is 0 Å². The third-order valence-corrected chi connectivity index (χ3v) is 2.51. The van der Waals surface area contributed by atoms with Gasteiger partial charge in [-0.1, -0.05) is 0 Å². The minimum atomic E-state index is -2.53. The first kappa shape index (κ1) is 9.43. The lowest BCUT2D eigenvalue weighted by Crippen LogP contribution is -2.28. The molecule has 1 aromatic rings. The van der Waals surface area contributed by atoms with E-state index < -0.39 is 6.55 Å². The second-order valence-corrected chi connectivity index (χ2v) is 3.50. The van der Waals surface area contributed by atoms with Gasteiger partial charge in [0.25, 0.3) is 0 Å². The smallest absolute Gasteiger partial charge is 0.333 e. The predicted octanol–water partition coefficient (Wildman–Crippen LogP) is 2.27. The molecule has 78 valence electrons. The fourth-order valence-corrected chi connectivity index (χ4v) is 1.75. The first-order valence-electron chi connectivity index (χ1n) is 4.84. The number of halogens is 2. The van der Waals surface area contributed by atoms with E-state index in [0.717, 1.165) is 31.6 Å². The number of anilines is 1. The Morgan fingerprint density at radius 2 is 1.93 bits per heavy atom. The van der Waals surface area contributed by atoms with E-state index in [1.54, 1.807) is 0 Å². The van der Waals surface area contributed by atoms with Crippen LogP contribution in [0.15, 0.2) is 12.4 Å². The van der Waals surface area contributed by atoms with Gasteiger partial charge in [0.1, 0.15) is 0 Å². The molecule has 0 N–H and O–H groups in total. The molecule has 5 heteroatoms. The molecule has 1 saturated heterocycles. The summed E-state index contributed by atoms with van der Waals surface area (Å²) >= 11 is 0. The highest BCUT2D eigenvalue weighted by Gasteiger charge is 2.14. The van der Waals surface area contributed by atoms with Gasteiger partial charge in [0.15, 0.2) is 0 Å². The Kier molecular flexibility index (Phi) is 2.65. The van der Waals surface area contributed by atoms with Crippen LogP contribution in [0.1, 0.15) is 25.8 Å². The van der Waals surface area contributed by atoms with Crippen LogP contribution in [0.5, 0.6) is 0 Å². The van der Waals surface area contributed by atoms with E-state index in [2.05, 4.69) is 10.00 Å². The van der Waals surface area contributed by atoms with Crippen LogP contribution in [0.2, 0.25) is 0 Å². The maximum Gasteiger partial charge on any atom is 0.333 e. The number of rotatable bonds is 2. The number of aromatic nitrogens is 2. The normalized spacial score (nSPS) is 17.8. The average Bonchev–Trinajstić information content (AvgIpc) is 2.68. The van der Waals surface area contributed by atoms with E-state index >= 15 is 0 Å². The quantitative estimate of drug-likeness (QED) is 0.731. The summed E-state index contributed by atoms with van der Waals surface area (Å²) in [5, 5.41) is 3.62. The van der Waals surface area contributed by atoms with Crippen LogP contribution < -0.4 is 4.90 Å². The molecule has 1 fully saturated rings. The first-order chi connectivity index (χ1) is 6.77. The van der Waals surface area contributed by atoms with Crippen LogP contribution in [-0.2, 0) is 0 Å². The van der Waals surface area contributed by atoms with Crippen molar-refractivity contribution in [3.63, 3.8) is 0 Å². The van der Waals surface area contributed by atoms with E-state index in [1.165, 1.54) is 18.8 Å². The zero-order chi connectivity index (χ0) is 9.97. The van der Waals surface area contributed by atoms with Gasteiger partial charge in [0, 0.05) is 13.1 Å². The minimum absolute atomic E-state index is 0.698. The molecule has 0 saturated carbocycles.